The van der Waals surface area contributed by atoms with Crippen molar-refractivity contribution in [2.45, 2.75) is 19.6 Å². The normalized spacial score (nSPS) is 11.2. The molecule has 0 fully saturated rings. The van der Waals surface area contributed by atoms with Gasteiger partial charge in [0.25, 0.3) is 0 Å². The molecule has 0 aliphatic rings. The van der Waals surface area contributed by atoms with Gasteiger partial charge in [-0.3, -0.25) is 9.97 Å². The van der Waals surface area contributed by atoms with Gasteiger partial charge >= 0.3 is 0 Å². The average Bonchev–Trinajstić information content (AvgIpc) is 2.64. The molecule has 0 amide bonds. The van der Waals surface area contributed by atoms with Crippen LogP contribution in [-0.4, -0.2) is 16.2 Å². The smallest absolute Gasteiger partial charge is 0.0714 e. The SMILES string of the molecule is CSc1c(Sc2cnc3ccccc3c2[S-])cnc2ccccc12. The zero-order chi connectivity index (χ0) is 16.5. The van der Waals surface area contributed by atoms with Gasteiger partial charge in [-0.05, 0) is 23.8 Å². The third kappa shape index (κ3) is 2.73. The Labute approximate surface area is 154 Å². The van der Waals surface area contributed by atoms with Crippen LogP contribution in [0.4, 0.5) is 0 Å². The quantitative estimate of drug-likeness (QED) is 0.350. The van der Waals surface area contributed by atoms with Crippen LogP contribution in [0, 0.1) is 0 Å². The van der Waals surface area contributed by atoms with Gasteiger partial charge in [0.15, 0.2) is 0 Å². The van der Waals surface area contributed by atoms with E-state index >= 15 is 0 Å². The van der Waals surface area contributed by atoms with Crippen molar-refractivity contribution in [3.8, 4) is 0 Å². The Morgan fingerprint density at radius 1 is 0.792 bits per heavy atom. The topological polar surface area (TPSA) is 25.8 Å². The van der Waals surface area contributed by atoms with Crippen molar-refractivity contribution in [3.05, 3.63) is 60.9 Å². The number of aromatic nitrogens is 2. The van der Waals surface area contributed by atoms with Crippen molar-refractivity contribution in [1.82, 2.24) is 9.97 Å². The molecule has 0 atom stereocenters. The summed E-state index contributed by atoms with van der Waals surface area (Å²) in [5.41, 5.74) is 1.95. The first-order chi connectivity index (χ1) is 11.8. The number of pyridine rings is 2. The zero-order valence-electron chi connectivity index (χ0n) is 12.9. The first-order valence-corrected chi connectivity index (χ1v) is 9.87. The van der Waals surface area contributed by atoms with E-state index < -0.39 is 0 Å². The van der Waals surface area contributed by atoms with Crippen LogP contribution >= 0.6 is 23.5 Å². The molecule has 5 heteroatoms. The molecular formula is C19H13N2S3-. The van der Waals surface area contributed by atoms with E-state index in [9.17, 15) is 0 Å². The fourth-order valence-electron chi connectivity index (χ4n) is 2.67. The van der Waals surface area contributed by atoms with E-state index in [1.165, 1.54) is 10.3 Å². The molecule has 0 aliphatic heterocycles. The molecule has 4 rings (SSSR count). The van der Waals surface area contributed by atoms with Gasteiger partial charge < -0.3 is 12.6 Å². The molecule has 0 saturated carbocycles. The summed E-state index contributed by atoms with van der Waals surface area (Å²) < 4.78 is 0. The minimum Gasteiger partial charge on any atom is -0.778 e. The lowest BCUT2D eigenvalue weighted by Gasteiger charge is -2.17. The fourth-order valence-corrected chi connectivity index (χ4v) is 4.89. The summed E-state index contributed by atoms with van der Waals surface area (Å²) in [6.07, 6.45) is 5.90. The molecule has 2 nitrogen and oxygen atoms in total. The Hall–Kier alpha value is -1.82. The number of benzene rings is 2. The minimum absolute atomic E-state index is 0.853. The molecule has 2 aromatic carbocycles. The molecule has 0 radical (unpaired) electrons. The molecule has 24 heavy (non-hydrogen) atoms. The van der Waals surface area contributed by atoms with Crippen molar-refractivity contribution in [2.75, 3.05) is 6.26 Å². The number of hydrogen-bond donors (Lipinski definition) is 0. The molecule has 2 heterocycles. The van der Waals surface area contributed by atoms with Gasteiger partial charge in [-0.1, -0.05) is 48.2 Å². The Morgan fingerprint density at radius 3 is 2.08 bits per heavy atom. The maximum absolute atomic E-state index is 5.68. The monoisotopic (exact) mass is 365 g/mol. The Bertz CT molecular complexity index is 1050. The second-order valence-corrected chi connectivity index (χ2v) is 7.55. The molecular weight excluding hydrogens is 352 g/mol. The summed E-state index contributed by atoms with van der Waals surface area (Å²) in [4.78, 5) is 13.3. The number of nitrogens with zero attached hydrogens (tertiary/aromatic N) is 2. The first-order valence-electron chi connectivity index (χ1n) is 7.42. The molecule has 0 spiro atoms. The zero-order valence-corrected chi connectivity index (χ0v) is 15.3. The number of thioether (sulfide) groups is 1. The van der Waals surface area contributed by atoms with Crippen molar-refractivity contribution in [1.29, 1.82) is 0 Å². The number of rotatable bonds is 3. The second kappa shape index (κ2) is 6.59. The number of para-hydroxylation sites is 2. The molecule has 0 N–H and O–H groups in total. The minimum atomic E-state index is 0.853. The van der Waals surface area contributed by atoms with E-state index in [2.05, 4.69) is 22.3 Å². The molecule has 0 bridgehead atoms. The maximum Gasteiger partial charge on any atom is 0.0714 e. The summed E-state index contributed by atoms with van der Waals surface area (Å²) in [6, 6.07) is 16.2. The van der Waals surface area contributed by atoms with Gasteiger partial charge in [0, 0.05) is 32.5 Å². The van der Waals surface area contributed by atoms with Crippen LogP contribution in [0.15, 0.2) is 80.5 Å². The molecule has 4 aromatic rings. The van der Waals surface area contributed by atoms with E-state index in [0.717, 1.165) is 31.1 Å². The Kier molecular flexibility index (Phi) is 4.31. The summed E-state index contributed by atoms with van der Waals surface area (Å²) in [5.74, 6) is 0. The van der Waals surface area contributed by atoms with E-state index in [1.54, 1.807) is 23.5 Å². The highest BCUT2D eigenvalue weighted by molar-refractivity contribution is 8.02. The van der Waals surface area contributed by atoms with Crippen molar-refractivity contribution in [2.24, 2.45) is 0 Å². The standard InChI is InChI=1S/C19H14N2S3/c1-23-19-13-7-3-5-9-15(13)21-11-17(19)24-16-10-20-14-8-4-2-6-12(14)18(16)22/h2-11H,1H3,(H,20,22)/p-1. The van der Waals surface area contributed by atoms with Crippen molar-refractivity contribution < 1.29 is 0 Å². The van der Waals surface area contributed by atoms with Gasteiger partial charge in [0.05, 0.1) is 11.0 Å². The van der Waals surface area contributed by atoms with E-state index in [0.29, 0.717) is 0 Å². The van der Waals surface area contributed by atoms with E-state index in [1.807, 2.05) is 54.9 Å². The lowest BCUT2D eigenvalue weighted by molar-refractivity contribution is 1.16. The molecule has 0 aliphatic carbocycles. The highest BCUT2D eigenvalue weighted by Gasteiger charge is 2.10. The summed E-state index contributed by atoms with van der Waals surface area (Å²) in [7, 11) is 0. The number of hydrogen-bond acceptors (Lipinski definition) is 5. The maximum atomic E-state index is 5.68. The van der Waals surface area contributed by atoms with Gasteiger partial charge in [-0.2, -0.15) is 4.90 Å². The van der Waals surface area contributed by atoms with Gasteiger partial charge in [0.1, 0.15) is 0 Å². The third-order valence-electron chi connectivity index (χ3n) is 3.81. The van der Waals surface area contributed by atoms with Crippen molar-refractivity contribution >= 4 is 58.0 Å². The van der Waals surface area contributed by atoms with Crippen molar-refractivity contribution in [3.63, 3.8) is 0 Å². The van der Waals surface area contributed by atoms with E-state index in [4.69, 9.17) is 12.6 Å². The van der Waals surface area contributed by atoms with Crippen LogP contribution in [0.25, 0.3) is 21.8 Å². The average molecular weight is 366 g/mol. The summed E-state index contributed by atoms with van der Waals surface area (Å²) >= 11 is 9.06. The lowest BCUT2D eigenvalue weighted by Crippen LogP contribution is -1.89. The predicted molar refractivity (Wildman–Crippen MR) is 105 cm³/mol. The van der Waals surface area contributed by atoms with Crippen LogP contribution < -0.4 is 0 Å². The van der Waals surface area contributed by atoms with Gasteiger partial charge in [-0.25, -0.2) is 0 Å². The van der Waals surface area contributed by atoms with Crippen LogP contribution in [0.3, 0.4) is 0 Å². The fraction of sp³-hybridized carbons (Fsp3) is 0.0526. The highest BCUT2D eigenvalue weighted by atomic mass is 32.2. The molecule has 0 unspecified atom stereocenters. The van der Waals surface area contributed by atoms with Crippen LogP contribution in [-0.2, 0) is 12.6 Å². The summed E-state index contributed by atoms with van der Waals surface area (Å²) in [5, 5.41) is 2.20. The predicted octanol–water partition coefficient (Wildman–Crippen LogP) is 5.56. The van der Waals surface area contributed by atoms with Crippen LogP contribution in [0.2, 0.25) is 0 Å². The lowest BCUT2D eigenvalue weighted by atomic mass is 10.2. The molecule has 118 valence electrons. The first kappa shape index (κ1) is 15.7. The second-order valence-electron chi connectivity index (χ2n) is 5.24. The molecule has 0 saturated heterocycles. The largest absolute Gasteiger partial charge is 0.778 e. The van der Waals surface area contributed by atoms with Crippen LogP contribution in [0.5, 0.6) is 0 Å². The number of fused-ring (bicyclic) bond motifs is 2. The van der Waals surface area contributed by atoms with E-state index in [-0.39, 0.29) is 0 Å². The Balaban J connectivity index is 1.84. The third-order valence-corrected chi connectivity index (χ3v) is 6.42. The highest BCUT2D eigenvalue weighted by Crippen LogP contribution is 2.40. The van der Waals surface area contributed by atoms with Crippen LogP contribution in [0.1, 0.15) is 0 Å². The van der Waals surface area contributed by atoms with Gasteiger partial charge in [-0.15, -0.1) is 11.8 Å². The summed E-state index contributed by atoms with van der Waals surface area (Å²) in [6.45, 7) is 0. The molecule has 2 aromatic heterocycles. The van der Waals surface area contributed by atoms with Gasteiger partial charge in [0.2, 0.25) is 0 Å². The Morgan fingerprint density at radius 2 is 1.38 bits per heavy atom.